The number of ether oxygens (including phenoxy) is 1. The molecule has 2 amide bonds. The van der Waals surface area contributed by atoms with Gasteiger partial charge in [-0.05, 0) is 73.5 Å². The quantitative estimate of drug-likeness (QED) is 0.723. The summed E-state index contributed by atoms with van der Waals surface area (Å²) in [6, 6.07) is 0.687. The molecule has 2 fully saturated rings. The first kappa shape index (κ1) is 19.1. The molecule has 2 aliphatic rings. The number of amides is 2. The van der Waals surface area contributed by atoms with E-state index in [0.717, 1.165) is 6.42 Å². The number of likely N-dealkylation sites (tertiary alicyclic amines) is 1. The highest BCUT2D eigenvalue weighted by atomic mass is 79.9. The number of anilines is 1. The number of fused-ring (bicyclic) bond motifs is 1. The Balaban J connectivity index is 1.80. The molecule has 2 heterocycles. The maximum Gasteiger partial charge on any atom is 0.411 e. The molecular formula is C18H23BrFN3O3. The number of carbonyl (C=O) groups is 2. The zero-order valence-electron chi connectivity index (χ0n) is 15.5. The summed E-state index contributed by atoms with van der Waals surface area (Å²) in [4.78, 5) is 31.1. The number of pyridine rings is 1. The average Bonchev–Trinajstić information content (AvgIpc) is 3.04. The van der Waals surface area contributed by atoms with Crippen molar-refractivity contribution in [3.63, 3.8) is 0 Å². The van der Waals surface area contributed by atoms with Crippen LogP contribution in [0.1, 0.15) is 46.1 Å². The minimum Gasteiger partial charge on any atom is -0.444 e. The normalized spacial score (nSPS) is 27.1. The monoisotopic (exact) mass is 427 g/mol. The van der Waals surface area contributed by atoms with E-state index >= 15 is 0 Å². The average molecular weight is 428 g/mol. The molecule has 1 saturated heterocycles. The molecule has 0 bridgehead atoms. The van der Waals surface area contributed by atoms with E-state index in [1.54, 1.807) is 32.6 Å². The van der Waals surface area contributed by atoms with Crippen LogP contribution in [0.4, 0.5) is 15.0 Å². The lowest BCUT2D eigenvalue weighted by Gasteiger charge is -2.29. The molecule has 0 unspecified atom stereocenters. The number of nitrogens with zero attached hydrogens (tertiary/aromatic N) is 2. The summed E-state index contributed by atoms with van der Waals surface area (Å²) in [6.45, 7) is 9.12. The van der Waals surface area contributed by atoms with Crippen LogP contribution in [-0.4, -0.2) is 39.6 Å². The van der Waals surface area contributed by atoms with E-state index in [-0.39, 0.29) is 27.8 Å². The Hall–Kier alpha value is -1.70. The van der Waals surface area contributed by atoms with Crippen molar-refractivity contribution < 1.29 is 18.7 Å². The van der Waals surface area contributed by atoms with Gasteiger partial charge in [-0.1, -0.05) is 6.92 Å². The molecule has 1 aromatic rings. The van der Waals surface area contributed by atoms with Gasteiger partial charge >= 0.3 is 6.09 Å². The lowest BCUT2D eigenvalue weighted by atomic mass is 10.0. The first-order valence-corrected chi connectivity index (χ1v) is 9.35. The summed E-state index contributed by atoms with van der Waals surface area (Å²) >= 11 is 3.02. The van der Waals surface area contributed by atoms with Crippen molar-refractivity contribution >= 4 is 33.7 Å². The van der Waals surface area contributed by atoms with Crippen molar-refractivity contribution in [3.8, 4) is 0 Å². The Labute approximate surface area is 160 Å². The zero-order valence-corrected chi connectivity index (χ0v) is 17.1. The molecule has 0 radical (unpaired) electrons. The van der Waals surface area contributed by atoms with Crippen LogP contribution in [0.3, 0.4) is 0 Å². The van der Waals surface area contributed by atoms with Gasteiger partial charge in [-0.25, -0.2) is 14.2 Å². The van der Waals surface area contributed by atoms with Crippen LogP contribution >= 0.6 is 15.9 Å². The fourth-order valence-corrected chi connectivity index (χ4v) is 3.76. The minimum absolute atomic E-state index is 0.0158. The molecule has 8 heteroatoms. The predicted molar refractivity (Wildman–Crippen MR) is 98.3 cm³/mol. The van der Waals surface area contributed by atoms with Crippen LogP contribution in [0.25, 0.3) is 0 Å². The first-order chi connectivity index (χ1) is 11.9. The summed E-state index contributed by atoms with van der Waals surface area (Å²) in [5, 5.41) is 2.73. The maximum absolute atomic E-state index is 13.5. The number of aromatic nitrogens is 1. The van der Waals surface area contributed by atoms with Gasteiger partial charge in [-0.3, -0.25) is 9.69 Å². The molecule has 3 atom stereocenters. The molecule has 1 aliphatic carbocycles. The van der Waals surface area contributed by atoms with Gasteiger partial charge in [0.15, 0.2) is 5.82 Å². The van der Waals surface area contributed by atoms with Crippen molar-refractivity contribution in [1.29, 1.82) is 0 Å². The number of rotatable bonds is 2. The zero-order chi connectivity index (χ0) is 19.4. The second kappa shape index (κ2) is 6.18. The number of piperidine rings is 1. The minimum atomic E-state index is -0.633. The lowest BCUT2D eigenvalue weighted by Crippen LogP contribution is -2.47. The fourth-order valence-electron chi connectivity index (χ4n) is 3.47. The molecule has 1 N–H and O–H groups in total. The third-order valence-electron chi connectivity index (χ3n) is 4.91. The topological polar surface area (TPSA) is 71.5 Å². The molecule has 0 aromatic carbocycles. The van der Waals surface area contributed by atoms with E-state index in [4.69, 9.17) is 4.74 Å². The first-order valence-electron chi connectivity index (χ1n) is 8.56. The van der Waals surface area contributed by atoms with Gasteiger partial charge in [0.2, 0.25) is 5.91 Å². The van der Waals surface area contributed by atoms with Crippen molar-refractivity contribution in [2.75, 3.05) is 5.32 Å². The van der Waals surface area contributed by atoms with Crippen LogP contribution in [0.15, 0.2) is 10.7 Å². The van der Waals surface area contributed by atoms with Gasteiger partial charge in [-0.15, -0.1) is 0 Å². The van der Waals surface area contributed by atoms with E-state index in [2.05, 4.69) is 33.2 Å². The van der Waals surface area contributed by atoms with Crippen molar-refractivity contribution in [3.05, 3.63) is 22.1 Å². The number of aryl methyl sites for hydroxylation is 1. The van der Waals surface area contributed by atoms with E-state index in [9.17, 15) is 14.0 Å². The smallest absolute Gasteiger partial charge is 0.411 e. The largest absolute Gasteiger partial charge is 0.444 e. The summed E-state index contributed by atoms with van der Waals surface area (Å²) in [6.07, 6.45) is 0.966. The van der Waals surface area contributed by atoms with E-state index in [1.165, 1.54) is 6.07 Å². The van der Waals surface area contributed by atoms with Gasteiger partial charge in [0.25, 0.3) is 0 Å². The highest BCUT2D eigenvalue weighted by Gasteiger charge is 2.65. The standard InChI is InChI=1S/C18H23BrFN3O3/c1-9-6-10(20)13(19)21-14(9)22-15(24)11-7-18(5)8-12(18)23(11)16(25)26-17(2,3)4/h6,11-12H,7-8H2,1-5H3,(H,21,22,24)/t11-,12-,18+/m1/s1. The van der Waals surface area contributed by atoms with Gasteiger partial charge in [0.05, 0.1) is 0 Å². The second-order valence-corrected chi connectivity index (χ2v) is 9.15. The third-order valence-corrected chi connectivity index (χ3v) is 5.46. The van der Waals surface area contributed by atoms with Crippen LogP contribution in [0.2, 0.25) is 0 Å². The molecule has 3 rings (SSSR count). The molecule has 142 valence electrons. The lowest BCUT2D eigenvalue weighted by molar-refractivity contribution is -0.121. The number of hydrogen-bond donors (Lipinski definition) is 1. The van der Waals surface area contributed by atoms with Gasteiger partial charge in [0, 0.05) is 6.04 Å². The van der Waals surface area contributed by atoms with E-state index in [1.807, 2.05) is 0 Å². The van der Waals surface area contributed by atoms with Crippen LogP contribution in [0.5, 0.6) is 0 Å². The maximum atomic E-state index is 13.5. The molecule has 0 spiro atoms. The Morgan fingerprint density at radius 1 is 1.42 bits per heavy atom. The molecule has 6 nitrogen and oxygen atoms in total. The highest BCUT2D eigenvalue weighted by molar-refractivity contribution is 9.10. The molecule has 1 aliphatic heterocycles. The predicted octanol–water partition coefficient (Wildman–Crippen LogP) is 4.02. The van der Waals surface area contributed by atoms with Gasteiger partial charge < -0.3 is 10.1 Å². The van der Waals surface area contributed by atoms with Crippen molar-refractivity contribution in [2.24, 2.45) is 5.41 Å². The molecular weight excluding hydrogens is 405 g/mol. The van der Waals surface area contributed by atoms with Gasteiger partial charge in [0.1, 0.15) is 22.1 Å². The SMILES string of the molecule is Cc1cc(F)c(Br)nc1NC(=O)[C@H]1C[C@@]2(C)C[C@H]2N1C(=O)OC(C)(C)C. The highest BCUT2D eigenvalue weighted by Crippen LogP contribution is 2.59. The van der Waals surface area contributed by atoms with Crippen LogP contribution in [-0.2, 0) is 9.53 Å². The van der Waals surface area contributed by atoms with Crippen molar-refractivity contribution in [2.45, 2.75) is 65.1 Å². The number of carbonyl (C=O) groups excluding carboxylic acids is 2. The summed E-state index contributed by atoms with van der Waals surface area (Å²) in [7, 11) is 0. The fraction of sp³-hybridized carbons (Fsp3) is 0.611. The third kappa shape index (κ3) is 3.56. The van der Waals surface area contributed by atoms with E-state index in [0.29, 0.717) is 12.0 Å². The summed E-state index contributed by atoms with van der Waals surface area (Å²) in [5.74, 6) is -0.554. The van der Waals surface area contributed by atoms with Gasteiger partial charge in [-0.2, -0.15) is 0 Å². The van der Waals surface area contributed by atoms with E-state index < -0.39 is 23.6 Å². The Morgan fingerprint density at radius 3 is 2.69 bits per heavy atom. The Morgan fingerprint density at radius 2 is 2.08 bits per heavy atom. The summed E-state index contributed by atoms with van der Waals surface area (Å²) in [5.41, 5.74) is -0.172. The Bertz CT molecular complexity index is 780. The van der Waals surface area contributed by atoms with Crippen LogP contribution in [0, 0.1) is 18.2 Å². The number of nitrogens with one attached hydrogen (secondary N) is 1. The summed E-state index contributed by atoms with van der Waals surface area (Å²) < 4.78 is 19.1. The number of halogens is 2. The number of hydrogen-bond acceptors (Lipinski definition) is 4. The van der Waals surface area contributed by atoms with Crippen LogP contribution < -0.4 is 5.32 Å². The molecule has 26 heavy (non-hydrogen) atoms. The van der Waals surface area contributed by atoms with Crippen molar-refractivity contribution in [1.82, 2.24) is 9.88 Å². The molecule has 1 saturated carbocycles. The Kier molecular flexibility index (Phi) is 4.53. The second-order valence-electron chi connectivity index (χ2n) is 8.40. The molecule has 1 aromatic heterocycles.